The Balaban J connectivity index is 1.02. The van der Waals surface area contributed by atoms with Crippen LogP contribution in [0.25, 0.3) is 0 Å². The van der Waals surface area contributed by atoms with Gasteiger partial charge in [-0.2, -0.15) is 0 Å². The molecule has 41 heavy (non-hydrogen) atoms. The average Bonchev–Trinajstić information content (AvgIpc) is 3.39. The highest BCUT2D eigenvalue weighted by atomic mass is 19.4. The third kappa shape index (κ3) is 7.53. The number of hydrogen-bond acceptors (Lipinski definition) is 8. The van der Waals surface area contributed by atoms with E-state index in [2.05, 4.69) is 19.5 Å². The zero-order chi connectivity index (χ0) is 29.0. The molecule has 0 amide bonds. The summed E-state index contributed by atoms with van der Waals surface area (Å²) in [6, 6.07) is 14.2. The number of ether oxygens (including phenoxy) is 3. The SMILES string of the molecule is CN(CCC1CCN(c2ccc(OCC3CCn4cc([N+](=O)[O-])nc4O3)cc2)CC1)c1ccc(OC(F)(F)F)cc1. The fourth-order valence-corrected chi connectivity index (χ4v) is 5.17. The van der Waals surface area contributed by atoms with Crippen LogP contribution >= 0.6 is 0 Å². The largest absolute Gasteiger partial charge is 0.573 e. The van der Waals surface area contributed by atoms with Crippen LogP contribution in [0.1, 0.15) is 25.7 Å². The molecule has 0 aliphatic carbocycles. The zero-order valence-corrected chi connectivity index (χ0v) is 22.6. The van der Waals surface area contributed by atoms with Crippen LogP contribution in [-0.2, 0) is 6.54 Å². The maximum Gasteiger partial charge on any atom is 0.573 e. The van der Waals surface area contributed by atoms with E-state index in [1.54, 1.807) is 16.7 Å². The molecular formula is C28H32F3N5O5. The van der Waals surface area contributed by atoms with E-state index in [1.165, 1.54) is 18.3 Å². The lowest BCUT2D eigenvalue weighted by Gasteiger charge is -2.34. The quantitative estimate of drug-likeness (QED) is 0.226. The van der Waals surface area contributed by atoms with Crippen molar-refractivity contribution in [3.63, 3.8) is 0 Å². The van der Waals surface area contributed by atoms with Gasteiger partial charge in [0.2, 0.25) is 0 Å². The number of benzene rings is 2. The number of nitro groups is 1. The van der Waals surface area contributed by atoms with Crippen LogP contribution in [0, 0.1) is 16.0 Å². The van der Waals surface area contributed by atoms with E-state index in [1.807, 2.05) is 31.3 Å². The monoisotopic (exact) mass is 575 g/mol. The third-order valence-electron chi connectivity index (χ3n) is 7.51. The zero-order valence-electron chi connectivity index (χ0n) is 22.6. The lowest BCUT2D eigenvalue weighted by atomic mass is 9.93. The molecule has 0 bridgehead atoms. The second-order valence-corrected chi connectivity index (χ2v) is 10.3. The third-order valence-corrected chi connectivity index (χ3v) is 7.51. The first kappa shape index (κ1) is 28.4. The molecule has 13 heteroatoms. The Bertz CT molecular complexity index is 1310. The Morgan fingerprint density at radius 3 is 2.39 bits per heavy atom. The van der Waals surface area contributed by atoms with Crippen molar-refractivity contribution in [1.82, 2.24) is 9.55 Å². The summed E-state index contributed by atoms with van der Waals surface area (Å²) >= 11 is 0. The van der Waals surface area contributed by atoms with Gasteiger partial charge in [0, 0.05) is 56.0 Å². The van der Waals surface area contributed by atoms with Crippen LogP contribution in [0.2, 0.25) is 0 Å². The molecule has 0 spiro atoms. The molecule has 10 nitrogen and oxygen atoms in total. The van der Waals surface area contributed by atoms with Gasteiger partial charge in [0.25, 0.3) is 0 Å². The van der Waals surface area contributed by atoms with Gasteiger partial charge < -0.3 is 34.1 Å². The fraction of sp³-hybridized carbons (Fsp3) is 0.464. The number of hydrogen-bond donors (Lipinski definition) is 0. The molecule has 3 aromatic rings. The van der Waals surface area contributed by atoms with Gasteiger partial charge in [-0.1, -0.05) is 0 Å². The van der Waals surface area contributed by atoms with E-state index >= 15 is 0 Å². The van der Waals surface area contributed by atoms with Crippen molar-refractivity contribution in [3.8, 4) is 17.5 Å². The molecule has 1 unspecified atom stereocenters. The minimum absolute atomic E-state index is 0.219. The molecule has 1 atom stereocenters. The molecule has 0 saturated carbocycles. The number of anilines is 2. The average molecular weight is 576 g/mol. The standard InChI is InChI=1S/C28H32F3N5O5/c1-33(21-2-8-24(9-3-21)41-28(29,30)31)14-10-20-11-15-34(16-12-20)22-4-6-23(7-5-22)39-19-25-13-17-35-18-26(36(37)38)32-27(35)40-25/h2-9,18,20,25H,10-17,19H2,1H3. The topological polar surface area (TPSA) is 95.1 Å². The van der Waals surface area contributed by atoms with Gasteiger partial charge in [-0.05, 0) is 78.6 Å². The number of piperidine rings is 1. The summed E-state index contributed by atoms with van der Waals surface area (Å²) < 4.78 is 54.4. The van der Waals surface area contributed by atoms with Crippen LogP contribution < -0.4 is 24.0 Å². The Morgan fingerprint density at radius 1 is 1.05 bits per heavy atom. The number of halogens is 3. The van der Waals surface area contributed by atoms with Crippen molar-refractivity contribution in [3.05, 3.63) is 64.8 Å². The van der Waals surface area contributed by atoms with Crippen molar-refractivity contribution in [2.75, 3.05) is 43.1 Å². The molecule has 3 heterocycles. The van der Waals surface area contributed by atoms with Gasteiger partial charge in [0.1, 0.15) is 30.4 Å². The van der Waals surface area contributed by atoms with Crippen molar-refractivity contribution in [2.24, 2.45) is 5.92 Å². The van der Waals surface area contributed by atoms with Crippen molar-refractivity contribution >= 4 is 17.2 Å². The van der Waals surface area contributed by atoms with Gasteiger partial charge in [-0.25, -0.2) is 0 Å². The number of imidazole rings is 1. The summed E-state index contributed by atoms with van der Waals surface area (Å²) in [6.45, 7) is 3.63. The number of aromatic nitrogens is 2. The normalized spacial score (nSPS) is 17.5. The van der Waals surface area contributed by atoms with Gasteiger partial charge in [0.15, 0.2) is 0 Å². The van der Waals surface area contributed by atoms with Crippen LogP contribution in [0.5, 0.6) is 17.5 Å². The predicted octanol–water partition coefficient (Wildman–Crippen LogP) is 5.66. The summed E-state index contributed by atoms with van der Waals surface area (Å²) in [4.78, 5) is 18.7. The number of fused-ring (bicyclic) bond motifs is 1. The van der Waals surface area contributed by atoms with E-state index in [-0.39, 0.29) is 23.7 Å². The summed E-state index contributed by atoms with van der Waals surface area (Å²) in [5, 5.41) is 10.9. The highest BCUT2D eigenvalue weighted by Gasteiger charge is 2.31. The molecule has 2 aliphatic rings. The molecule has 1 saturated heterocycles. The first-order chi connectivity index (χ1) is 19.6. The molecule has 220 valence electrons. The molecule has 1 fully saturated rings. The number of nitrogens with zero attached hydrogens (tertiary/aromatic N) is 5. The fourth-order valence-electron chi connectivity index (χ4n) is 5.17. The van der Waals surface area contributed by atoms with Gasteiger partial charge in [-0.15, -0.1) is 13.2 Å². The summed E-state index contributed by atoms with van der Waals surface area (Å²) in [6.07, 6.45) is 0.279. The Morgan fingerprint density at radius 2 is 1.73 bits per heavy atom. The highest BCUT2D eigenvalue weighted by molar-refractivity contribution is 5.50. The Kier molecular flexibility index (Phi) is 8.41. The summed E-state index contributed by atoms with van der Waals surface area (Å²) in [7, 11) is 1.94. The van der Waals surface area contributed by atoms with Crippen LogP contribution in [0.15, 0.2) is 54.7 Å². The second-order valence-electron chi connectivity index (χ2n) is 10.3. The lowest BCUT2D eigenvalue weighted by Crippen LogP contribution is -2.34. The molecule has 0 N–H and O–H groups in total. The first-order valence-electron chi connectivity index (χ1n) is 13.6. The maximum atomic E-state index is 12.4. The van der Waals surface area contributed by atoms with Crippen molar-refractivity contribution < 1.29 is 32.3 Å². The molecule has 2 aromatic carbocycles. The summed E-state index contributed by atoms with van der Waals surface area (Å²) in [5.41, 5.74) is 1.99. The van der Waals surface area contributed by atoms with E-state index < -0.39 is 11.3 Å². The lowest BCUT2D eigenvalue weighted by molar-refractivity contribution is -0.389. The minimum atomic E-state index is -4.69. The Hall–Kier alpha value is -4.16. The van der Waals surface area contributed by atoms with Gasteiger partial charge in [-0.3, -0.25) is 4.57 Å². The second kappa shape index (κ2) is 12.1. The smallest absolute Gasteiger partial charge is 0.490 e. The van der Waals surface area contributed by atoms with Crippen molar-refractivity contribution in [2.45, 2.75) is 44.7 Å². The molecule has 5 rings (SSSR count). The van der Waals surface area contributed by atoms with E-state index in [4.69, 9.17) is 9.47 Å². The van der Waals surface area contributed by atoms with Crippen LogP contribution in [0.3, 0.4) is 0 Å². The highest BCUT2D eigenvalue weighted by Crippen LogP contribution is 2.29. The molecule has 0 radical (unpaired) electrons. The van der Waals surface area contributed by atoms with Crippen LogP contribution in [0.4, 0.5) is 30.4 Å². The number of rotatable bonds is 10. The van der Waals surface area contributed by atoms with Crippen LogP contribution in [-0.4, -0.2) is 60.2 Å². The molecule has 2 aliphatic heterocycles. The minimum Gasteiger partial charge on any atom is -0.490 e. The predicted molar refractivity (Wildman–Crippen MR) is 146 cm³/mol. The molecule has 1 aromatic heterocycles. The van der Waals surface area contributed by atoms with E-state index in [0.29, 0.717) is 25.5 Å². The number of alkyl halides is 3. The van der Waals surface area contributed by atoms with Gasteiger partial charge in [0.05, 0.1) is 0 Å². The maximum absolute atomic E-state index is 12.4. The van der Waals surface area contributed by atoms with Gasteiger partial charge >= 0.3 is 18.2 Å². The molecular weight excluding hydrogens is 543 g/mol. The Labute approximate surface area is 235 Å². The van der Waals surface area contributed by atoms with E-state index in [0.717, 1.165) is 56.0 Å². The summed E-state index contributed by atoms with van der Waals surface area (Å²) in [5.74, 6) is 0.869. The van der Waals surface area contributed by atoms with E-state index in [9.17, 15) is 23.3 Å². The number of aryl methyl sites for hydroxylation is 1. The van der Waals surface area contributed by atoms with Crippen molar-refractivity contribution in [1.29, 1.82) is 0 Å². The first-order valence-corrected chi connectivity index (χ1v) is 13.6.